The van der Waals surface area contributed by atoms with E-state index in [0.717, 1.165) is 5.56 Å². The maximum absolute atomic E-state index is 11.8. The van der Waals surface area contributed by atoms with E-state index < -0.39 is 21.2 Å². The summed E-state index contributed by atoms with van der Waals surface area (Å²) in [5.74, 6) is 0. The molecule has 3 rings (SSSR count). The smallest absolute Gasteiger partial charge is 0.184 e. The van der Waals surface area contributed by atoms with Crippen LogP contribution in [-0.2, 0) is 14.7 Å². The molecule has 2 atom stereocenters. The van der Waals surface area contributed by atoms with Gasteiger partial charge in [0.25, 0.3) is 0 Å². The number of nitrogens with zero attached hydrogens (tertiary/aromatic N) is 1. The molecule has 1 aromatic carbocycles. The molecule has 0 saturated heterocycles. The van der Waals surface area contributed by atoms with E-state index in [9.17, 15) is 8.42 Å². The minimum atomic E-state index is -3.26. The van der Waals surface area contributed by atoms with Gasteiger partial charge in [0, 0.05) is 11.0 Å². The van der Waals surface area contributed by atoms with Gasteiger partial charge in [-0.2, -0.15) is 0 Å². The van der Waals surface area contributed by atoms with Crippen molar-refractivity contribution < 1.29 is 13.3 Å². The summed E-state index contributed by atoms with van der Waals surface area (Å²) in [7, 11) is -3.26. The molecule has 82 valence electrons. The van der Waals surface area contributed by atoms with Gasteiger partial charge >= 0.3 is 0 Å². The largest absolute Gasteiger partial charge is 0.386 e. The van der Waals surface area contributed by atoms with Gasteiger partial charge in [-0.05, 0) is 6.08 Å². The van der Waals surface area contributed by atoms with Crippen LogP contribution in [0.4, 0.5) is 0 Å². The third kappa shape index (κ3) is 1.28. The average Bonchev–Trinajstić information content (AvgIpc) is 2.82. The zero-order valence-electron chi connectivity index (χ0n) is 8.28. The Labute approximate surface area is 93.1 Å². The van der Waals surface area contributed by atoms with Crippen molar-refractivity contribution in [2.45, 2.75) is 11.4 Å². The van der Waals surface area contributed by atoms with Gasteiger partial charge in [0.2, 0.25) is 0 Å². The molecule has 2 aliphatic heterocycles. The van der Waals surface area contributed by atoms with Crippen molar-refractivity contribution in [3.05, 3.63) is 47.4 Å². The fourth-order valence-corrected chi connectivity index (χ4v) is 3.50. The molecule has 0 N–H and O–H groups in total. The van der Waals surface area contributed by atoms with Gasteiger partial charge in [-0.15, -0.1) is 0 Å². The molecule has 0 bridgehead atoms. The van der Waals surface area contributed by atoms with E-state index in [-0.39, 0.29) is 0 Å². The van der Waals surface area contributed by atoms with Crippen LogP contribution in [0.1, 0.15) is 5.56 Å². The standard InChI is InChI=1S/C11H9NO3S/c13-16(14)7-6-9-11(16)10(12-15-9)8-4-2-1-3-5-8/h1-7,9,11H. The molecular formula is C11H9NO3S. The van der Waals surface area contributed by atoms with E-state index in [1.54, 1.807) is 6.08 Å². The molecule has 0 amide bonds. The first kappa shape index (κ1) is 9.59. The Kier molecular flexibility index (Phi) is 1.91. The van der Waals surface area contributed by atoms with Crippen molar-refractivity contribution in [2.75, 3.05) is 0 Å². The highest BCUT2D eigenvalue weighted by atomic mass is 32.2. The fourth-order valence-electron chi connectivity index (χ4n) is 1.96. The van der Waals surface area contributed by atoms with Crippen LogP contribution in [0.2, 0.25) is 0 Å². The van der Waals surface area contributed by atoms with Crippen molar-refractivity contribution in [3.8, 4) is 0 Å². The lowest BCUT2D eigenvalue weighted by Gasteiger charge is -2.08. The minimum absolute atomic E-state index is 0.458. The molecule has 1 aromatic rings. The number of sulfone groups is 1. The van der Waals surface area contributed by atoms with Crippen LogP contribution in [0.3, 0.4) is 0 Å². The molecule has 0 saturated carbocycles. The number of oxime groups is 1. The lowest BCUT2D eigenvalue weighted by atomic mass is 10.1. The minimum Gasteiger partial charge on any atom is -0.386 e. The van der Waals surface area contributed by atoms with Crippen LogP contribution in [0.15, 0.2) is 47.0 Å². The Morgan fingerprint density at radius 3 is 2.69 bits per heavy atom. The van der Waals surface area contributed by atoms with E-state index in [1.165, 1.54) is 5.41 Å². The lowest BCUT2D eigenvalue weighted by Crippen LogP contribution is -2.31. The molecule has 4 nitrogen and oxygen atoms in total. The molecule has 16 heavy (non-hydrogen) atoms. The van der Waals surface area contributed by atoms with Gasteiger partial charge in [0.1, 0.15) is 5.71 Å². The summed E-state index contributed by atoms with van der Waals surface area (Å²) < 4.78 is 23.6. The second kappa shape index (κ2) is 3.18. The zero-order valence-corrected chi connectivity index (χ0v) is 9.09. The molecular weight excluding hydrogens is 226 g/mol. The SMILES string of the molecule is O=S1(=O)C=CC2ON=C(c3ccccc3)C21. The van der Waals surface area contributed by atoms with Gasteiger partial charge in [-0.1, -0.05) is 35.5 Å². The summed E-state index contributed by atoms with van der Waals surface area (Å²) >= 11 is 0. The van der Waals surface area contributed by atoms with Crippen molar-refractivity contribution in [1.82, 2.24) is 0 Å². The zero-order chi connectivity index (χ0) is 11.2. The third-order valence-electron chi connectivity index (χ3n) is 2.72. The van der Waals surface area contributed by atoms with Gasteiger partial charge in [-0.25, -0.2) is 8.42 Å². The number of fused-ring (bicyclic) bond motifs is 1. The summed E-state index contributed by atoms with van der Waals surface area (Å²) in [5, 5.41) is 4.41. The summed E-state index contributed by atoms with van der Waals surface area (Å²) in [6.07, 6.45) is 1.08. The van der Waals surface area contributed by atoms with Crippen molar-refractivity contribution in [3.63, 3.8) is 0 Å². The molecule has 0 radical (unpaired) electrons. The first-order valence-corrected chi connectivity index (χ1v) is 6.51. The Morgan fingerprint density at radius 2 is 1.94 bits per heavy atom. The average molecular weight is 235 g/mol. The van der Waals surface area contributed by atoms with E-state index in [0.29, 0.717) is 5.71 Å². The van der Waals surface area contributed by atoms with Crippen LogP contribution in [-0.4, -0.2) is 25.5 Å². The second-order valence-corrected chi connectivity index (χ2v) is 5.71. The molecule has 5 heteroatoms. The highest BCUT2D eigenvalue weighted by Gasteiger charge is 2.46. The van der Waals surface area contributed by atoms with Crippen LogP contribution in [0.5, 0.6) is 0 Å². The summed E-state index contributed by atoms with van der Waals surface area (Å²) in [4.78, 5) is 5.10. The Hall–Kier alpha value is -1.62. The molecule has 0 spiro atoms. The monoisotopic (exact) mass is 235 g/mol. The summed E-state index contributed by atoms with van der Waals surface area (Å²) in [5.41, 5.74) is 1.29. The quantitative estimate of drug-likeness (QED) is 0.732. The fraction of sp³-hybridized carbons (Fsp3) is 0.182. The highest BCUT2D eigenvalue weighted by Crippen LogP contribution is 2.29. The third-order valence-corrected chi connectivity index (χ3v) is 4.46. The summed E-state index contributed by atoms with van der Waals surface area (Å²) in [6.45, 7) is 0. The van der Waals surface area contributed by atoms with Crippen LogP contribution < -0.4 is 0 Å². The van der Waals surface area contributed by atoms with Gasteiger partial charge < -0.3 is 4.84 Å². The van der Waals surface area contributed by atoms with E-state index in [1.807, 2.05) is 30.3 Å². The Bertz CT molecular complexity index is 575. The molecule has 2 aliphatic rings. The maximum atomic E-state index is 11.8. The van der Waals surface area contributed by atoms with Crippen molar-refractivity contribution in [2.24, 2.45) is 5.16 Å². The number of hydrogen-bond acceptors (Lipinski definition) is 4. The van der Waals surface area contributed by atoms with Crippen LogP contribution in [0, 0.1) is 0 Å². The first-order valence-electron chi connectivity index (χ1n) is 4.90. The van der Waals surface area contributed by atoms with Gasteiger partial charge in [0.05, 0.1) is 0 Å². The molecule has 2 heterocycles. The Balaban J connectivity index is 2.06. The number of rotatable bonds is 1. The molecule has 2 unspecified atom stereocenters. The Morgan fingerprint density at radius 1 is 1.19 bits per heavy atom. The van der Waals surface area contributed by atoms with Crippen LogP contribution in [0.25, 0.3) is 0 Å². The predicted octanol–water partition coefficient (Wildman–Crippen LogP) is 1.10. The van der Waals surface area contributed by atoms with Crippen LogP contribution >= 0.6 is 0 Å². The van der Waals surface area contributed by atoms with E-state index in [4.69, 9.17) is 4.84 Å². The molecule has 0 aliphatic carbocycles. The lowest BCUT2D eigenvalue weighted by molar-refractivity contribution is 0.123. The number of benzene rings is 1. The summed E-state index contributed by atoms with van der Waals surface area (Å²) in [6, 6.07) is 9.23. The van der Waals surface area contributed by atoms with Crippen molar-refractivity contribution >= 4 is 15.5 Å². The second-order valence-electron chi connectivity index (χ2n) is 3.75. The normalized spacial score (nSPS) is 29.6. The van der Waals surface area contributed by atoms with Gasteiger partial charge in [-0.3, -0.25) is 0 Å². The molecule has 0 aromatic heterocycles. The number of hydrogen-bond donors (Lipinski definition) is 0. The van der Waals surface area contributed by atoms with E-state index >= 15 is 0 Å². The maximum Gasteiger partial charge on any atom is 0.184 e. The van der Waals surface area contributed by atoms with E-state index in [2.05, 4.69) is 5.16 Å². The predicted molar refractivity (Wildman–Crippen MR) is 59.7 cm³/mol. The molecule has 0 fully saturated rings. The first-order chi connectivity index (χ1) is 7.68. The van der Waals surface area contributed by atoms with Crippen molar-refractivity contribution in [1.29, 1.82) is 0 Å². The topological polar surface area (TPSA) is 55.7 Å². The van der Waals surface area contributed by atoms with Gasteiger partial charge in [0.15, 0.2) is 21.2 Å². The highest BCUT2D eigenvalue weighted by molar-refractivity contribution is 7.96.